The Morgan fingerprint density at radius 1 is 0.494 bits per heavy atom. The summed E-state index contributed by atoms with van der Waals surface area (Å²) in [5.74, 6) is 0.750. The number of para-hydroxylation sites is 2. The number of nitrogens with zero attached hydrogens (tertiary/aromatic N) is 4. The van der Waals surface area contributed by atoms with Crippen molar-refractivity contribution in [1.29, 1.82) is 0 Å². The van der Waals surface area contributed by atoms with Crippen molar-refractivity contribution in [2.45, 2.75) is 112 Å². The molecule has 6 heteroatoms. The fourth-order valence-corrected chi connectivity index (χ4v) is 10.6. The van der Waals surface area contributed by atoms with Crippen LogP contribution in [0.4, 0.5) is 0 Å². The van der Waals surface area contributed by atoms with Gasteiger partial charge in [0.25, 0.3) is 6.33 Å². The van der Waals surface area contributed by atoms with Crippen LogP contribution in [0.2, 0.25) is 0 Å². The summed E-state index contributed by atoms with van der Waals surface area (Å²) in [5, 5.41) is 1.55. The number of benzene rings is 9. The Morgan fingerprint density at radius 3 is 1.67 bits per heavy atom. The molecule has 12 rings (SSSR count). The average Bonchev–Trinajstić information content (AvgIpc) is 1.42. The van der Waals surface area contributed by atoms with Crippen molar-refractivity contribution in [2.24, 2.45) is 0 Å². The first-order valence-electron chi connectivity index (χ1n) is 34.2. The van der Waals surface area contributed by atoms with Crippen LogP contribution in [0.15, 0.2) is 200 Å². The summed E-state index contributed by atoms with van der Waals surface area (Å²) in [5.41, 5.74) is 10.6. The molecule has 0 saturated carbocycles. The van der Waals surface area contributed by atoms with Crippen LogP contribution in [0.3, 0.4) is 0 Å². The minimum atomic E-state index is -2.81. The van der Waals surface area contributed by atoms with Crippen LogP contribution < -0.4 is 9.30 Å². The summed E-state index contributed by atoms with van der Waals surface area (Å²) in [6.45, 7) is 23.5. The van der Waals surface area contributed by atoms with Gasteiger partial charge in [-0.05, 0) is 125 Å². The van der Waals surface area contributed by atoms with E-state index in [1.807, 2.05) is 69.8 Å². The Kier molecular flexibility index (Phi) is 11.1. The van der Waals surface area contributed by atoms with Crippen molar-refractivity contribution in [3.8, 4) is 73.2 Å². The molecule has 0 saturated heterocycles. The number of aromatic nitrogens is 4. The number of fused-ring (bicyclic) bond motifs is 4. The second-order valence-electron chi connectivity index (χ2n) is 25.3. The van der Waals surface area contributed by atoms with Gasteiger partial charge in [0.15, 0.2) is 0 Å². The van der Waals surface area contributed by atoms with E-state index in [2.05, 4.69) is 156 Å². The van der Waals surface area contributed by atoms with E-state index in [0.29, 0.717) is 44.8 Å². The maximum atomic E-state index is 9.46. The molecule has 9 aromatic carbocycles. The largest absolute Gasteiger partial charge is 0.510 e. The summed E-state index contributed by atoms with van der Waals surface area (Å²) < 4.78 is 126. The second kappa shape index (κ2) is 21.6. The Labute approximate surface area is 523 Å². The molecule has 0 aliphatic carbocycles. The van der Waals surface area contributed by atoms with E-state index in [9.17, 15) is 2.74 Å². The third-order valence-electron chi connectivity index (χ3n) is 15.3. The van der Waals surface area contributed by atoms with Crippen molar-refractivity contribution in [2.75, 3.05) is 0 Å². The van der Waals surface area contributed by atoms with Gasteiger partial charge in [-0.15, -0.1) is 29.7 Å². The van der Waals surface area contributed by atoms with Crippen molar-refractivity contribution >= 4 is 32.8 Å². The molecule has 0 atom stereocenters. The van der Waals surface area contributed by atoms with Gasteiger partial charge in [0.05, 0.1) is 30.4 Å². The molecule has 5 nitrogen and oxygen atoms in total. The van der Waals surface area contributed by atoms with Crippen LogP contribution in [0.1, 0.15) is 129 Å². The van der Waals surface area contributed by atoms with Gasteiger partial charge >= 0.3 is 0 Å². The zero-order valence-electron chi connectivity index (χ0n) is 61.8. The maximum absolute atomic E-state index is 9.46. The molecular weight excluding hydrogens is 1190 g/mol. The summed E-state index contributed by atoms with van der Waals surface area (Å²) in [6.07, 6.45) is 4.99. The molecule has 418 valence electrons. The minimum absolute atomic E-state index is 0. The molecule has 0 radical (unpaired) electrons. The Balaban J connectivity index is 0.00000936. The van der Waals surface area contributed by atoms with Crippen LogP contribution in [-0.2, 0) is 42.7 Å². The zero-order chi connectivity index (χ0) is 68.7. The number of rotatable bonds is 9. The molecule has 12 aromatic rings. The monoisotopic (exact) mass is 1280 g/mol. The summed E-state index contributed by atoms with van der Waals surface area (Å²) in [7, 11) is 0. The van der Waals surface area contributed by atoms with Crippen molar-refractivity contribution in [1.82, 2.24) is 14.1 Å². The summed E-state index contributed by atoms with van der Waals surface area (Å²) >= 11 is 0. The van der Waals surface area contributed by atoms with Crippen LogP contribution >= 0.6 is 0 Å². The SMILES string of the molecule is [2H]c1c([2H])c([2H])c(-c2cnc(-n3c4[c-]c(Oc5[c-]c(-n6[c-][n+](-c7c(-c8cc(C(C)(C)C)cc(C(C)(C)C)c8)cccc7-c7c([2H])c([2H])c([2H])c([2H])c7[2H])c7ccc(-c8cc(C(C)(C)C)cc(C(C)(C)C)c8)cc76)ccc5)ccc4c4ccccc43)cc2C([2H])([2H])[2H])c([2H])c1[2H].[Pt]. The Hall–Kier alpha value is -8.11. The fraction of sp³-hybridized carbons (Fsp3) is 0.221. The van der Waals surface area contributed by atoms with Crippen LogP contribution in [0.25, 0.3) is 94.5 Å². The van der Waals surface area contributed by atoms with Gasteiger partial charge in [-0.1, -0.05) is 234 Å². The van der Waals surface area contributed by atoms with Gasteiger partial charge in [0.2, 0.25) is 0 Å². The molecule has 0 fully saturated rings. The van der Waals surface area contributed by atoms with Crippen LogP contribution in [0, 0.1) is 25.3 Å². The molecule has 83 heavy (non-hydrogen) atoms. The maximum Gasteiger partial charge on any atom is 0.268 e. The van der Waals surface area contributed by atoms with E-state index < -0.39 is 55.2 Å². The van der Waals surface area contributed by atoms with Gasteiger partial charge < -0.3 is 13.9 Å². The number of hydrogen-bond donors (Lipinski definition) is 0. The van der Waals surface area contributed by atoms with Gasteiger partial charge in [0.1, 0.15) is 5.82 Å². The van der Waals surface area contributed by atoms with Crippen molar-refractivity contribution < 1.29 is 48.2 Å². The quantitative estimate of drug-likeness (QED) is 0.107. The molecule has 0 N–H and O–H groups in total. The standard InChI is InChI=1S/C77H72N4O.Pt/c1-50-38-72(78-48-67(50)52-26-18-15-19-27-52)81-68-33-21-20-30-65(68)66-36-35-62(47-70(66)81)82-61-29-22-28-60(46-61)79-49-80(69-37-34-53(43-71(69)79)54-39-56(74(2,3)4)44-57(40-54)75(5,6)7)73-63(51-24-16-14-17-25-51)31-23-32-64(73)55-41-58(76(8,9)10)45-59(42-55)77(11,12)13;/h14-45,48H,1-13H3;/q-2;/i1D3,14D,15D,16D,17D,18D,19D,24D,25D,26D,27D;. The predicted octanol–water partition coefficient (Wildman–Crippen LogP) is 19.8. The molecule has 0 bridgehead atoms. The molecular formula is C77H72N4OPt-2. The molecule has 0 aliphatic rings. The van der Waals surface area contributed by atoms with Crippen molar-refractivity contribution in [3.05, 3.63) is 246 Å². The first-order valence-corrected chi connectivity index (χ1v) is 27.7. The molecule has 0 aliphatic heterocycles. The van der Waals surface area contributed by atoms with E-state index in [4.69, 9.17) is 24.8 Å². The first-order chi connectivity index (χ1) is 44.4. The van der Waals surface area contributed by atoms with Crippen LogP contribution in [0.5, 0.6) is 11.5 Å². The second-order valence-corrected chi connectivity index (χ2v) is 25.3. The normalized spacial score (nSPS) is 14.7. The fourth-order valence-electron chi connectivity index (χ4n) is 10.6. The van der Waals surface area contributed by atoms with E-state index in [0.717, 1.165) is 44.2 Å². The summed E-state index contributed by atoms with van der Waals surface area (Å²) in [6, 6.07) is 45.5. The number of pyridine rings is 1. The average molecular weight is 1280 g/mol. The van der Waals surface area contributed by atoms with E-state index in [1.54, 1.807) is 16.7 Å². The van der Waals surface area contributed by atoms with E-state index in [-0.39, 0.29) is 88.6 Å². The predicted molar refractivity (Wildman–Crippen MR) is 341 cm³/mol. The molecule has 0 amide bonds. The van der Waals surface area contributed by atoms with E-state index in [1.165, 1.54) is 23.4 Å². The molecule has 0 unspecified atom stereocenters. The van der Waals surface area contributed by atoms with Crippen molar-refractivity contribution in [3.63, 3.8) is 0 Å². The Bertz CT molecular complexity index is 5030. The number of aryl methyl sites for hydroxylation is 1. The first kappa shape index (κ1) is 42.7. The number of imidazole rings is 1. The van der Waals surface area contributed by atoms with E-state index >= 15 is 0 Å². The Morgan fingerprint density at radius 2 is 1.06 bits per heavy atom. The van der Waals surface area contributed by atoms with Gasteiger partial charge in [0, 0.05) is 54.0 Å². The number of ether oxygens (including phenoxy) is 1. The summed E-state index contributed by atoms with van der Waals surface area (Å²) in [4.78, 5) is 4.75. The third-order valence-corrected chi connectivity index (χ3v) is 15.3. The van der Waals surface area contributed by atoms with Crippen LogP contribution in [-0.4, -0.2) is 14.1 Å². The van der Waals surface area contributed by atoms with Gasteiger partial charge in [-0.25, -0.2) is 4.98 Å². The number of hydrogen-bond acceptors (Lipinski definition) is 2. The smallest absolute Gasteiger partial charge is 0.268 e. The van der Waals surface area contributed by atoms with Gasteiger partial charge in [-0.3, -0.25) is 4.57 Å². The molecule has 0 spiro atoms. The molecule has 3 heterocycles. The molecule has 3 aromatic heterocycles. The third kappa shape index (κ3) is 11.1. The topological polar surface area (TPSA) is 35.9 Å². The van der Waals surface area contributed by atoms with Gasteiger partial charge in [-0.2, -0.15) is 18.2 Å². The zero-order valence-corrected chi connectivity index (χ0v) is 51.1. The minimum Gasteiger partial charge on any atom is -0.510 e.